The smallest absolute Gasteiger partial charge is 0.125 e. The second kappa shape index (κ2) is 4.47. The second-order valence-corrected chi connectivity index (χ2v) is 4.96. The molecule has 0 aliphatic heterocycles. The Bertz CT molecular complexity index is 743. The van der Waals surface area contributed by atoms with Crippen LogP contribution in [0, 0.1) is 20.8 Å². The van der Waals surface area contributed by atoms with Gasteiger partial charge in [-0.05, 0) is 54.3 Å². The molecule has 0 amide bonds. The lowest BCUT2D eigenvalue weighted by Crippen LogP contribution is -1.89. The van der Waals surface area contributed by atoms with Gasteiger partial charge in [0.25, 0.3) is 0 Å². The Kier molecular flexibility index (Phi) is 2.79. The summed E-state index contributed by atoms with van der Waals surface area (Å²) < 4.78 is 0. The van der Waals surface area contributed by atoms with Crippen LogP contribution in [0.2, 0.25) is 0 Å². The van der Waals surface area contributed by atoms with E-state index in [2.05, 4.69) is 54.1 Å². The molecule has 3 rings (SSSR count). The molecule has 2 heteroatoms. The van der Waals surface area contributed by atoms with Crippen LogP contribution in [0.25, 0.3) is 21.9 Å². The Hall–Kier alpha value is -2.22. The normalized spacial score (nSPS) is 10.9. The zero-order chi connectivity index (χ0) is 13.4. The molecule has 0 N–H and O–H groups in total. The quantitative estimate of drug-likeness (QED) is 0.644. The van der Waals surface area contributed by atoms with Crippen molar-refractivity contribution in [1.82, 2.24) is 9.97 Å². The molecule has 0 unspecified atom stereocenters. The molecular weight excluding hydrogens is 232 g/mol. The van der Waals surface area contributed by atoms with Gasteiger partial charge in [0, 0.05) is 18.0 Å². The van der Waals surface area contributed by atoms with Crippen LogP contribution in [0.5, 0.6) is 0 Å². The Labute approximate surface area is 113 Å². The SMILES string of the molecule is Cc1ncc(-c2ccc3c(C)c(C)ccc3c2)cn1. The average molecular weight is 248 g/mol. The van der Waals surface area contributed by atoms with E-state index < -0.39 is 0 Å². The van der Waals surface area contributed by atoms with Crippen molar-refractivity contribution in [3.8, 4) is 11.1 Å². The van der Waals surface area contributed by atoms with Crippen LogP contribution in [0.3, 0.4) is 0 Å². The first-order valence-corrected chi connectivity index (χ1v) is 6.44. The van der Waals surface area contributed by atoms with Gasteiger partial charge in [-0.2, -0.15) is 0 Å². The van der Waals surface area contributed by atoms with Gasteiger partial charge in [-0.1, -0.05) is 24.3 Å². The van der Waals surface area contributed by atoms with E-state index in [4.69, 9.17) is 0 Å². The summed E-state index contributed by atoms with van der Waals surface area (Å²) in [6.07, 6.45) is 3.76. The molecule has 2 aromatic carbocycles. The summed E-state index contributed by atoms with van der Waals surface area (Å²) in [6.45, 7) is 6.22. The summed E-state index contributed by atoms with van der Waals surface area (Å²) in [5, 5.41) is 2.58. The van der Waals surface area contributed by atoms with Crippen molar-refractivity contribution in [2.75, 3.05) is 0 Å². The van der Waals surface area contributed by atoms with Gasteiger partial charge in [0.1, 0.15) is 5.82 Å². The molecule has 94 valence electrons. The molecular formula is C17H16N2. The Morgan fingerprint density at radius 3 is 2.26 bits per heavy atom. The van der Waals surface area contributed by atoms with E-state index in [1.807, 2.05) is 19.3 Å². The van der Waals surface area contributed by atoms with Gasteiger partial charge in [-0.15, -0.1) is 0 Å². The van der Waals surface area contributed by atoms with Crippen molar-refractivity contribution in [1.29, 1.82) is 0 Å². The van der Waals surface area contributed by atoms with E-state index in [1.165, 1.54) is 21.9 Å². The van der Waals surface area contributed by atoms with Crippen molar-refractivity contribution >= 4 is 10.8 Å². The zero-order valence-electron chi connectivity index (χ0n) is 11.4. The van der Waals surface area contributed by atoms with Gasteiger partial charge in [0.15, 0.2) is 0 Å². The van der Waals surface area contributed by atoms with Crippen molar-refractivity contribution in [2.24, 2.45) is 0 Å². The fraction of sp³-hybridized carbons (Fsp3) is 0.176. The highest BCUT2D eigenvalue weighted by molar-refractivity contribution is 5.90. The largest absolute Gasteiger partial charge is 0.241 e. The standard InChI is InChI=1S/C17H16N2/c1-11-4-5-15-8-14(6-7-17(15)12(11)2)16-9-18-13(3)19-10-16/h4-10H,1-3H3. The summed E-state index contributed by atoms with van der Waals surface area (Å²) in [7, 11) is 0. The second-order valence-electron chi connectivity index (χ2n) is 4.96. The average Bonchev–Trinajstić information content (AvgIpc) is 2.43. The first-order valence-electron chi connectivity index (χ1n) is 6.44. The van der Waals surface area contributed by atoms with E-state index in [-0.39, 0.29) is 0 Å². The third kappa shape index (κ3) is 2.10. The minimum Gasteiger partial charge on any atom is -0.241 e. The number of hydrogen-bond donors (Lipinski definition) is 0. The Balaban J connectivity index is 2.17. The number of aromatic nitrogens is 2. The molecule has 0 aliphatic carbocycles. The lowest BCUT2D eigenvalue weighted by atomic mass is 9.98. The first-order chi connectivity index (χ1) is 9.15. The molecule has 0 spiro atoms. The molecule has 1 aromatic heterocycles. The van der Waals surface area contributed by atoms with Crippen molar-refractivity contribution in [3.63, 3.8) is 0 Å². The third-order valence-corrected chi connectivity index (χ3v) is 3.67. The topological polar surface area (TPSA) is 25.8 Å². The maximum Gasteiger partial charge on any atom is 0.125 e. The number of nitrogens with zero attached hydrogens (tertiary/aromatic N) is 2. The molecule has 2 nitrogen and oxygen atoms in total. The van der Waals surface area contributed by atoms with Crippen LogP contribution in [0.1, 0.15) is 17.0 Å². The summed E-state index contributed by atoms with van der Waals surface area (Å²) in [4.78, 5) is 8.51. The van der Waals surface area contributed by atoms with Gasteiger partial charge >= 0.3 is 0 Å². The van der Waals surface area contributed by atoms with Gasteiger partial charge in [0.05, 0.1) is 0 Å². The minimum atomic E-state index is 0.802. The molecule has 0 saturated heterocycles. The summed E-state index contributed by atoms with van der Waals surface area (Å²) in [5.74, 6) is 0.802. The van der Waals surface area contributed by atoms with Gasteiger partial charge in [-0.25, -0.2) is 9.97 Å². The van der Waals surface area contributed by atoms with Crippen molar-refractivity contribution < 1.29 is 0 Å². The van der Waals surface area contributed by atoms with Crippen molar-refractivity contribution in [3.05, 3.63) is 59.7 Å². The third-order valence-electron chi connectivity index (χ3n) is 3.67. The number of benzene rings is 2. The molecule has 0 aliphatic rings. The minimum absolute atomic E-state index is 0.802. The number of fused-ring (bicyclic) bond motifs is 1. The highest BCUT2D eigenvalue weighted by Crippen LogP contribution is 2.27. The van der Waals surface area contributed by atoms with Crippen LogP contribution in [0.4, 0.5) is 0 Å². The van der Waals surface area contributed by atoms with Crippen LogP contribution in [-0.2, 0) is 0 Å². The van der Waals surface area contributed by atoms with E-state index in [0.29, 0.717) is 0 Å². The summed E-state index contributed by atoms with van der Waals surface area (Å²) >= 11 is 0. The summed E-state index contributed by atoms with van der Waals surface area (Å²) in [5.41, 5.74) is 4.91. The molecule has 3 aromatic rings. The molecule has 0 fully saturated rings. The van der Waals surface area contributed by atoms with Gasteiger partial charge in [0.2, 0.25) is 0 Å². The van der Waals surface area contributed by atoms with E-state index in [9.17, 15) is 0 Å². The molecule has 0 atom stereocenters. The molecule has 0 saturated carbocycles. The van der Waals surface area contributed by atoms with E-state index in [1.54, 1.807) is 0 Å². The number of rotatable bonds is 1. The highest BCUT2D eigenvalue weighted by atomic mass is 14.8. The van der Waals surface area contributed by atoms with Crippen molar-refractivity contribution in [2.45, 2.75) is 20.8 Å². The molecule has 0 bridgehead atoms. The highest BCUT2D eigenvalue weighted by Gasteiger charge is 2.04. The monoisotopic (exact) mass is 248 g/mol. The van der Waals surface area contributed by atoms with Crippen LogP contribution >= 0.6 is 0 Å². The summed E-state index contributed by atoms with van der Waals surface area (Å²) in [6, 6.07) is 10.9. The van der Waals surface area contributed by atoms with Gasteiger partial charge < -0.3 is 0 Å². The van der Waals surface area contributed by atoms with Gasteiger partial charge in [-0.3, -0.25) is 0 Å². The number of hydrogen-bond acceptors (Lipinski definition) is 2. The Morgan fingerprint density at radius 2 is 1.53 bits per heavy atom. The number of aryl methyl sites for hydroxylation is 3. The van der Waals surface area contributed by atoms with E-state index >= 15 is 0 Å². The predicted molar refractivity (Wildman–Crippen MR) is 79.2 cm³/mol. The van der Waals surface area contributed by atoms with Crippen LogP contribution in [-0.4, -0.2) is 9.97 Å². The maximum absolute atomic E-state index is 4.26. The fourth-order valence-electron chi connectivity index (χ4n) is 2.32. The fourth-order valence-corrected chi connectivity index (χ4v) is 2.32. The maximum atomic E-state index is 4.26. The lowest BCUT2D eigenvalue weighted by Gasteiger charge is -2.08. The van der Waals surface area contributed by atoms with E-state index in [0.717, 1.165) is 17.0 Å². The lowest BCUT2D eigenvalue weighted by molar-refractivity contribution is 1.06. The molecule has 19 heavy (non-hydrogen) atoms. The van der Waals surface area contributed by atoms with Crippen LogP contribution < -0.4 is 0 Å². The predicted octanol–water partition coefficient (Wildman–Crippen LogP) is 4.22. The Morgan fingerprint density at radius 1 is 0.789 bits per heavy atom. The molecule has 0 radical (unpaired) electrons. The zero-order valence-corrected chi connectivity index (χ0v) is 11.4. The first kappa shape index (κ1) is 11.8. The molecule has 1 heterocycles. The van der Waals surface area contributed by atoms with Crippen LogP contribution in [0.15, 0.2) is 42.7 Å².